The summed E-state index contributed by atoms with van der Waals surface area (Å²) in [6.07, 6.45) is 2.01. The van der Waals surface area contributed by atoms with E-state index >= 15 is 0 Å². The number of fused-ring (bicyclic) bond motifs is 1. The van der Waals surface area contributed by atoms with Gasteiger partial charge in [0, 0.05) is 13.5 Å². The van der Waals surface area contributed by atoms with Crippen LogP contribution >= 0.6 is 0 Å². The summed E-state index contributed by atoms with van der Waals surface area (Å²) in [7, 11) is 1.46. The number of methoxy groups -OCH3 is 1. The van der Waals surface area contributed by atoms with Crippen LogP contribution < -0.4 is 11.2 Å². The van der Waals surface area contributed by atoms with Crippen LogP contribution in [0.5, 0.6) is 0 Å². The Morgan fingerprint density at radius 2 is 2.40 bits per heavy atom. The lowest BCUT2D eigenvalue weighted by Crippen LogP contribution is -2.35. The van der Waals surface area contributed by atoms with Gasteiger partial charge in [-0.1, -0.05) is 0 Å². The van der Waals surface area contributed by atoms with E-state index in [1.54, 1.807) is 4.57 Å². The van der Waals surface area contributed by atoms with E-state index in [0.29, 0.717) is 12.8 Å². The summed E-state index contributed by atoms with van der Waals surface area (Å²) < 4.78 is 12.4. The van der Waals surface area contributed by atoms with Gasteiger partial charge >= 0.3 is 5.69 Å². The summed E-state index contributed by atoms with van der Waals surface area (Å²) in [6.45, 7) is -0.274. The average Bonchev–Trinajstić information content (AvgIpc) is 3.02. The fourth-order valence-corrected chi connectivity index (χ4v) is 2.41. The number of nitrogens with one attached hydrogen (secondary N) is 2. The number of aromatic amines is 2. The monoisotopic (exact) mass is 282 g/mol. The number of rotatable bonds is 3. The Bertz CT molecular complexity index is 741. The van der Waals surface area contributed by atoms with Crippen molar-refractivity contribution in [1.29, 1.82) is 0 Å². The summed E-state index contributed by atoms with van der Waals surface area (Å²) in [5.74, 6) is -1.05. The molecule has 0 aromatic carbocycles. The summed E-state index contributed by atoms with van der Waals surface area (Å²) in [5.41, 5.74) is -0.747. The molecule has 0 amide bonds. The second kappa shape index (κ2) is 4.54. The molecule has 3 heterocycles. The first-order chi connectivity index (χ1) is 9.58. The SMILES string of the molecule is CO[C@]1(CO)CC[C@H](n2cnc3c(=O)[nH]c(=O)[nH]c32)O1. The molecule has 9 heteroatoms. The second-order valence-corrected chi connectivity index (χ2v) is 4.64. The Morgan fingerprint density at radius 1 is 1.60 bits per heavy atom. The third kappa shape index (κ3) is 1.87. The normalized spacial score (nSPS) is 26.4. The van der Waals surface area contributed by atoms with E-state index in [4.69, 9.17) is 9.47 Å². The Kier molecular flexibility index (Phi) is 2.96. The van der Waals surface area contributed by atoms with Crippen LogP contribution in [0.25, 0.3) is 11.2 Å². The number of imidazole rings is 1. The molecule has 1 saturated heterocycles. The summed E-state index contributed by atoms with van der Waals surface area (Å²) in [5, 5.41) is 9.35. The zero-order valence-electron chi connectivity index (χ0n) is 10.8. The molecule has 0 saturated carbocycles. The number of hydrogen-bond acceptors (Lipinski definition) is 6. The predicted octanol–water partition coefficient (Wildman–Crippen LogP) is -0.943. The number of aromatic nitrogens is 4. The molecule has 3 rings (SSSR count). The van der Waals surface area contributed by atoms with E-state index in [2.05, 4.69) is 15.0 Å². The number of hydrogen-bond donors (Lipinski definition) is 3. The van der Waals surface area contributed by atoms with Crippen molar-refractivity contribution in [2.75, 3.05) is 13.7 Å². The minimum atomic E-state index is -1.05. The highest BCUT2D eigenvalue weighted by Gasteiger charge is 2.41. The van der Waals surface area contributed by atoms with Crippen molar-refractivity contribution in [3.05, 3.63) is 27.2 Å². The van der Waals surface area contributed by atoms with Gasteiger partial charge in [0.2, 0.25) is 0 Å². The van der Waals surface area contributed by atoms with Crippen LogP contribution in [0, 0.1) is 0 Å². The molecule has 2 aromatic rings. The molecule has 0 unspecified atom stereocenters. The van der Waals surface area contributed by atoms with Crippen molar-refractivity contribution in [3.8, 4) is 0 Å². The molecular formula is C11H14N4O5. The third-order valence-electron chi connectivity index (χ3n) is 3.51. The first kappa shape index (κ1) is 13.0. The van der Waals surface area contributed by atoms with Gasteiger partial charge < -0.3 is 14.6 Å². The highest BCUT2D eigenvalue weighted by molar-refractivity contribution is 5.68. The predicted molar refractivity (Wildman–Crippen MR) is 67.2 cm³/mol. The first-order valence-electron chi connectivity index (χ1n) is 6.11. The van der Waals surface area contributed by atoms with E-state index in [0.717, 1.165) is 0 Å². The van der Waals surface area contributed by atoms with Gasteiger partial charge in [-0.25, -0.2) is 9.78 Å². The zero-order valence-corrected chi connectivity index (χ0v) is 10.8. The van der Waals surface area contributed by atoms with Crippen LogP contribution in [0.4, 0.5) is 0 Å². The summed E-state index contributed by atoms with van der Waals surface area (Å²) >= 11 is 0. The maximum absolute atomic E-state index is 11.6. The molecule has 108 valence electrons. The molecule has 0 spiro atoms. The third-order valence-corrected chi connectivity index (χ3v) is 3.51. The molecule has 2 aromatic heterocycles. The van der Waals surface area contributed by atoms with Gasteiger partial charge in [-0.2, -0.15) is 0 Å². The molecule has 9 nitrogen and oxygen atoms in total. The van der Waals surface area contributed by atoms with Crippen molar-refractivity contribution in [1.82, 2.24) is 19.5 Å². The van der Waals surface area contributed by atoms with Gasteiger partial charge in [0.15, 0.2) is 11.3 Å². The Labute approximate surface area is 112 Å². The van der Waals surface area contributed by atoms with Crippen LogP contribution in [-0.4, -0.2) is 44.1 Å². The number of ether oxygens (including phenoxy) is 2. The molecule has 1 aliphatic heterocycles. The zero-order chi connectivity index (χ0) is 14.3. The van der Waals surface area contributed by atoms with E-state index in [1.807, 2.05) is 0 Å². The minimum absolute atomic E-state index is 0.132. The van der Waals surface area contributed by atoms with Gasteiger partial charge in [-0.15, -0.1) is 0 Å². The van der Waals surface area contributed by atoms with Crippen LogP contribution in [0.1, 0.15) is 19.1 Å². The number of aliphatic hydroxyl groups is 1. The van der Waals surface area contributed by atoms with Crippen molar-refractivity contribution in [2.24, 2.45) is 0 Å². The Hall–Kier alpha value is -1.97. The van der Waals surface area contributed by atoms with Gasteiger partial charge in [0.05, 0.1) is 12.9 Å². The van der Waals surface area contributed by atoms with E-state index < -0.39 is 23.3 Å². The average molecular weight is 282 g/mol. The molecule has 0 radical (unpaired) electrons. The smallest absolute Gasteiger partial charge is 0.327 e. The largest absolute Gasteiger partial charge is 0.391 e. The lowest BCUT2D eigenvalue weighted by Gasteiger charge is -2.25. The first-order valence-corrected chi connectivity index (χ1v) is 6.11. The number of aliphatic hydroxyl groups excluding tert-OH is 1. The highest BCUT2D eigenvalue weighted by atomic mass is 16.7. The van der Waals surface area contributed by atoms with Crippen LogP contribution in [0.3, 0.4) is 0 Å². The van der Waals surface area contributed by atoms with Crippen molar-refractivity contribution >= 4 is 11.2 Å². The fraction of sp³-hybridized carbons (Fsp3) is 0.545. The lowest BCUT2D eigenvalue weighted by atomic mass is 10.2. The molecule has 3 N–H and O–H groups in total. The van der Waals surface area contributed by atoms with Gasteiger partial charge in [-0.05, 0) is 6.42 Å². The number of nitrogens with zero attached hydrogens (tertiary/aromatic N) is 2. The molecule has 1 fully saturated rings. The topological polar surface area (TPSA) is 122 Å². The van der Waals surface area contributed by atoms with E-state index in [9.17, 15) is 14.7 Å². The van der Waals surface area contributed by atoms with Gasteiger partial charge in [0.1, 0.15) is 11.9 Å². The van der Waals surface area contributed by atoms with E-state index in [-0.39, 0.29) is 17.8 Å². The Morgan fingerprint density at radius 3 is 3.05 bits per heavy atom. The fourth-order valence-electron chi connectivity index (χ4n) is 2.41. The summed E-state index contributed by atoms with van der Waals surface area (Å²) in [6, 6.07) is 0. The summed E-state index contributed by atoms with van der Waals surface area (Å²) in [4.78, 5) is 31.6. The van der Waals surface area contributed by atoms with Crippen molar-refractivity contribution in [2.45, 2.75) is 24.9 Å². The standard InChI is InChI=1S/C11H14N4O5/c1-19-11(4-16)3-2-6(20-11)15-5-12-7-8(15)13-10(18)14-9(7)17/h5-6,16H,2-4H2,1H3,(H2,13,14,17,18)/t6-,11-/m1/s1. The molecule has 0 aliphatic carbocycles. The maximum atomic E-state index is 11.6. The molecule has 2 atom stereocenters. The van der Waals surface area contributed by atoms with Crippen molar-refractivity contribution < 1.29 is 14.6 Å². The number of H-pyrrole nitrogens is 2. The molecule has 0 bridgehead atoms. The van der Waals surface area contributed by atoms with Crippen LogP contribution in [0.15, 0.2) is 15.9 Å². The van der Waals surface area contributed by atoms with E-state index in [1.165, 1.54) is 13.4 Å². The second-order valence-electron chi connectivity index (χ2n) is 4.64. The van der Waals surface area contributed by atoms with Crippen molar-refractivity contribution in [3.63, 3.8) is 0 Å². The van der Waals surface area contributed by atoms with Gasteiger partial charge in [0.25, 0.3) is 5.56 Å². The molecule has 20 heavy (non-hydrogen) atoms. The molecular weight excluding hydrogens is 268 g/mol. The van der Waals surface area contributed by atoms with Crippen LogP contribution in [0.2, 0.25) is 0 Å². The lowest BCUT2D eigenvalue weighted by molar-refractivity contribution is -0.241. The van der Waals surface area contributed by atoms with Crippen LogP contribution in [-0.2, 0) is 9.47 Å². The van der Waals surface area contributed by atoms with Gasteiger partial charge in [-0.3, -0.25) is 19.3 Å². The quantitative estimate of drug-likeness (QED) is 0.667. The maximum Gasteiger partial charge on any atom is 0.327 e. The minimum Gasteiger partial charge on any atom is -0.391 e. The Balaban J connectivity index is 2.04. The highest BCUT2D eigenvalue weighted by Crippen LogP contribution is 2.37. The molecule has 1 aliphatic rings.